The Morgan fingerprint density at radius 1 is 1.20 bits per heavy atom. The number of nitrogens with zero attached hydrogens (tertiary/aromatic N) is 2. The minimum Gasteiger partial charge on any atom is -0.493 e. The van der Waals surface area contributed by atoms with Gasteiger partial charge in [0.25, 0.3) is 0 Å². The molecule has 1 fully saturated rings. The quantitative estimate of drug-likeness (QED) is 0.564. The third kappa shape index (κ3) is 3.75. The van der Waals surface area contributed by atoms with Gasteiger partial charge in [0.1, 0.15) is 6.04 Å². The fourth-order valence-corrected chi connectivity index (χ4v) is 4.77. The summed E-state index contributed by atoms with van der Waals surface area (Å²) in [6.45, 7) is 0.690. The first-order valence-electron chi connectivity index (χ1n) is 9.78. The van der Waals surface area contributed by atoms with Gasteiger partial charge >= 0.3 is 5.97 Å². The van der Waals surface area contributed by atoms with Gasteiger partial charge in [-0.1, -0.05) is 34.1 Å². The molecule has 1 saturated heterocycles. The number of carboxylic acid groups (broad SMARTS) is 1. The number of aromatic nitrogens is 1. The third-order valence-corrected chi connectivity index (χ3v) is 6.32. The highest BCUT2D eigenvalue weighted by Crippen LogP contribution is 2.42. The molecule has 1 N–H and O–H groups in total. The lowest BCUT2D eigenvalue weighted by Gasteiger charge is -2.33. The molecule has 0 saturated carbocycles. The van der Waals surface area contributed by atoms with E-state index >= 15 is 0 Å². The molecule has 1 aromatic heterocycles. The van der Waals surface area contributed by atoms with E-state index in [0.717, 1.165) is 32.9 Å². The third-order valence-electron chi connectivity index (χ3n) is 5.64. The van der Waals surface area contributed by atoms with Crippen LogP contribution in [0.25, 0.3) is 10.9 Å². The fraction of sp³-hybridized carbons (Fsp3) is 0.304. The number of ether oxygens (including phenoxy) is 2. The van der Waals surface area contributed by atoms with E-state index in [1.807, 2.05) is 47.5 Å². The van der Waals surface area contributed by atoms with Crippen molar-refractivity contribution in [3.8, 4) is 11.5 Å². The zero-order valence-corrected chi connectivity index (χ0v) is 18.4. The summed E-state index contributed by atoms with van der Waals surface area (Å²) in [5, 5.41) is 10.9. The molecule has 0 bridgehead atoms. The number of fused-ring (bicyclic) bond motifs is 1. The standard InChI is InChI=1S/C23H23BrN2O4/c1-29-20-11-16(17(24)12-21(20)30-2)22(26-9-5-8-19(26)23(27)28)15-10-14-6-3-4-7-18(14)25-13-15/h3-4,6-7,10-13,19,22H,5,8-9H2,1-2H3,(H,27,28). The fourth-order valence-electron chi connectivity index (χ4n) is 4.23. The van der Waals surface area contributed by atoms with Crippen molar-refractivity contribution >= 4 is 32.8 Å². The molecule has 2 unspecified atom stereocenters. The molecule has 6 nitrogen and oxygen atoms in total. The Morgan fingerprint density at radius 2 is 1.93 bits per heavy atom. The topological polar surface area (TPSA) is 71.9 Å². The van der Waals surface area contributed by atoms with Crippen LogP contribution >= 0.6 is 15.9 Å². The lowest BCUT2D eigenvalue weighted by atomic mass is 9.96. The van der Waals surface area contributed by atoms with Gasteiger partial charge in [-0.05, 0) is 48.2 Å². The van der Waals surface area contributed by atoms with Crippen molar-refractivity contribution in [2.75, 3.05) is 20.8 Å². The zero-order valence-electron chi connectivity index (χ0n) is 16.8. The molecular weight excluding hydrogens is 448 g/mol. The van der Waals surface area contributed by atoms with E-state index in [1.165, 1.54) is 0 Å². The Labute approximate surface area is 183 Å². The van der Waals surface area contributed by atoms with Crippen molar-refractivity contribution in [2.24, 2.45) is 0 Å². The number of carboxylic acids is 1. The van der Waals surface area contributed by atoms with Crippen molar-refractivity contribution < 1.29 is 19.4 Å². The van der Waals surface area contributed by atoms with Crippen molar-refractivity contribution in [3.05, 3.63) is 64.3 Å². The molecular formula is C23H23BrN2O4. The molecule has 0 aliphatic carbocycles. The first-order valence-corrected chi connectivity index (χ1v) is 10.6. The summed E-state index contributed by atoms with van der Waals surface area (Å²) in [6, 6.07) is 12.9. The summed E-state index contributed by atoms with van der Waals surface area (Å²) in [5.41, 5.74) is 2.76. The molecule has 2 atom stereocenters. The zero-order chi connectivity index (χ0) is 21.3. The second-order valence-electron chi connectivity index (χ2n) is 7.33. The summed E-state index contributed by atoms with van der Waals surface area (Å²) in [5.74, 6) is 0.406. The second kappa shape index (κ2) is 8.62. The number of hydrogen-bond donors (Lipinski definition) is 1. The number of carbonyl (C=O) groups is 1. The van der Waals surface area contributed by atoms with Gasteiger partial charge in [0, 0.05) is 22.6 Å². The summed E-state index contributed by atoms with van der Waals surface area (Å²) in [4.78, 5) is 18.7. The molecule has 7 heteroatoms. The van der Waals surface area contributed by atoms with E-state index in [4.69, 9.17) is 9.47 Å². The minimum atomic E-state index is -0.803. The van der Waals surface area contributed by atoms with E-state index in [1.54, 1.807) is 14.2 Å². The van der Waals surface area contributed by atoms with Gasteiger partial charge < -0.3 is 14.6 Å². The molecule has 0 radical (unpaired) electrons. The van der Waals surface area contributed by atoms with Crippen LogP contribution in [0.15, 0.2) is 53.1 Å². The maximum absolute atomic E-state index is 12.0. The molecule has 1 aliphatic heterocycles. The van der Waals surface area contributed by atoms with Crippen molar-refractivity contribution in [3.63, 3.8) is 0 Å². The van der Waals surface area contributed by atoms with Crippen LogP contribution < -0.4 is 9.47 Å². The number of rotatable bonds is 6. The number of para-hydroxylation sites is 1. The van der Waals surface area contributed by atoms with Gasteiger partial charge in [0.2, 0.25) is 0 Å². The molecule has 2 heterocycles. The van der Waals surface area contributed by atoms with Gasteiger partial charge in [0.15, 0.2) is 11.5 Å². The molecule has 0 amide bonds. The molecule has 0 spiro atoms. The summed E-state index contributed by atoms with van der Waals surface area (Å²) in [6.07, 6.45) is 3.30. The van der Waals surface area contributed by atoms with Crippen LogP contribution in [-0.4, -0.2) is 47.8 Å². The van der Waals surface area contributed by atoms with Gasteiger partial charge in [-0.2, -0.15) is 0 Å². The van der Waals surface area contributed by atoms with Crippen LogP contribution in [0.5, 0.6) is 11.5 Å². The molecule has 4 rings (SSSR count). The van der Waals surface area contributed by atoms with Crippen LogP contribution in [0.2, 0.25) is 0 Å². The molecule has 1 aliphatic rings. The Bertz CT molecular complexity index is 1090. The largest absolute Gasteiger partial charge is 0.493 e. The Balaban J connectivity index is 1.91. The van der Waals surface area contributed by atoms with Gasteiger partial charge in [0.05, 0.1) is 25.8 Å². The van der Waals surface area contributed by atoms with E-state index in [0.29, 0.717) is 24.5 Å². The van der Waals surface area contributed by atoms with E-state index < -0.39 is 12.0 Å². The van der Waals surface area contributed by atoms with E-state index in [9.17, 15) is 9.90 Å². The first-order chi connectivity index (χ1) is 14.5. The Kier molecular flexibility index (Phi) is 5.92. The Morgan fingerprint density at radius 3 is 2.67 bits per heavy atom. The smallest absolute Gasteiger partial charge is 0.320 e. The lowest BCUT2D eigenvalue weighted by molar-refractivity contribution is -0.142. The lowest BCUT2D eigenvalue weighted by Crippen LogP contribution is -2.39. The number of hydrogen-bond acceptors (Lipinski definition) is 5. The molecule has 30 heavy (non-hydrogen) atoms. The van der Waals surface area contributed by atoms with Crippen molar-refractivity contribution in [1.82, 2.24) is 9.88 Å². The summed E-state index contributed by atoms with van der Waals surface area (Å²) in [7, 11) is 3.19. The van der Waals surface area contributed by atoms with Crippen molar-refractivity contribution in [2.45, 2.75) is 24.9 Å². The molecule has 2 aromatic carbocycles. The normalized spacial score (nSPS) is 17.8. The van der Waals surface area contributed by atoms with Gasteiger partial charge in [-0.15, -0.1) is 0 Å². The first kappa shape index (κ1) is 20.6. The highest BCUT2D eigenvalue weighted by Gasteiger charge is 2.38. The van der Waals surface area contributed by atoms with Crippen LogP contribution in [0, 0.1) is 0 Å². The van der Waals surface area contributed by atoms with Gasteiger partial charge in [-0.25, -0.2) is 0 Å². The number of likely N-dealkylation sites (tertiary alicyclic amines) is 1. The average molecular weight is 471 g/mol. The average Bonchev–Trinajstić information content (AvgIpc) is 3.24. The van der Waals surface area contributed by atoms with Crippen LogP contribution in [0.3, 0.4) is 0 Å². The SMILES string of the molecule is COc1cc(Br)c(C(c2cnc3ccccc3c2)N2CCCC2C(=O)O)cc1OC. The maximum atomic E-state index is 12.0. The highest BCUT2D eigenvalue weighted by molar-refractivity contribution is 9.10. The number of pyridine rings is 1. The Hall–Kier alpha value is -2.64. The number of halogens is 1. The van der Waals surface area contributed by atoms with E-state index in [2.05, 4.69) is 27.0 Å². The predicted molar refractivity (Wildman–Crippen MR) is 118 cm³/mol. The van der Waals surface area contributed by atoms with Gasteiger partial charge in [-0.3, -0.25) is 14.7 Å². The molecule has 3 aromatic rings. The van der Waals surface area contributed by atoms with Crippen LogP contribution in [0.1, 0.15) is 30.0 Å². The predicted octanol–water partition coefficient (Wildman–Crippen LogP) is 4.65. The number of benzene rings is 2. The van der Waals surface area contributed by atoms with Crippen LogP contribution in [-0.2, 0) is 4.79 Å². The highest BCUT2D eigenvalue weighted by atomic mass is 79.9. The number of methoxy groups -OCH3 is 2. The molecule has 156 valence electrons. The monoisotopic (exact) mass is 470 g/mol. The number of aliphatic carboxylic acids is 1. The summed E-state index contributed by atoms with van der Waals surface area (Å²) < 4.78 is 11.8. The maximum Gasteiger partial charge on any atom is 0.320 e. The summed E-state index contributed by atoms with van der Waals surface area (Å²) >= 11 is 3.67. The van der Waals surface area contributed by atoms with E-state index in [-0.39, 0.29) is 6.04 Å². The van der Waals surface area contributed by atoms with Crippen molar-refractivity contribution in [1.29, 1.82) is 0 Å². The second-order valence-corrected chi connectivity index (χ2v) is 8.18. The van der Waals surface area contributed by atoms with Crippen LogP contribution in [0.4, 0.5) is 0 Å². The minimum absolute atomic E-state index is 0.292.